The molecule has 0 spiro atoms. The number of nitrogens with one attached hydrogen (secondary N) is 1. The molecular formula is C7H18Cl2N2. The zero-order valence-electron chi connectivity index (χ0n) is 6.71. The fourth-order valence-electron chi connectivity index (χ4n) is 1.42. The first-order valence-corrected chi connectivity index (χ1v) is 3.87. The highest BCUT2D eigenvalue weighted by Gasteiger charge is 2.12. The molecule has 1 fully saturated rings. The third-order valence-corrected chi connectivity index (χ3v) is 1.93. The lowest BCUT2D eigenvalue weighted by Gasteiger charge is -2.08. The molecule has 3 N–H and O–H groups in total. The highest BCUT2D eigenvalue weighted by Crippen LogP contribution is 2.16. The SMILES string of the molecule is Cl.Cl.NCCNC1CCCC1. The Labute approximate surface area is 81.1 Å². The first-order chi connectivity index (χ1) is 4.43. The Kier molecular flexibility index (Phi) is 11.0. The normalized spacial score (nSPS) is 17.2. The second kappa shape index (κ2) is 8.60. The first-order valence-electron chi connectivity index (χ1n) is 3.87. The summed E-state index contributed by atoms with van der Waals surface area (Å²) in [5.41, 5.74) is 5.34. The molecule has 0 bridgehead atoms. The topological polar surface area (TPSA) is 38.0 Å². The second-order valence-electron chi connectivity index (χ2n) is 2.72. The average Bonchev–Trinajstić information content (AvgIpc) is 2.34. The quantitative estimate of drug-likeness (QED) is 0.722. The molecule has 4 heteroatoms. The first kappa shape index (κ1) is 14.0. The summed E-state index contributed by atoms with van der Waals surface area (Å²) in [7, 11) is 0. The van der Waals surface area contributed by atoms with Gasteiger partial charge in [-0.1, -0.05) is 12.8 Å². The van der Waals surface area contributed by atoms with Crippen molar-refractivity contribution in [2.45, 2.75) is 31.7 Å². The standard InChI is InChI=1S/C7H16N2.2ClH/c8-5-6-9-7-3-1-2-4-7;;/h7,9H,1-6,8H2;2*1H. The zero-order valence-corrected chi connectivity index (χ0v) is 8.35. The zero-order chi connectivity index (χ0) is 6.53. The molecule has 1 saturated carbocycles. The summed E-state index contributed by atoms with van der Waals surface area (Å²) < 4.78 is 0. The van der Waals surface area contributed by atoms with E-state index < -0.39 is 0 Å². The predicted molar refractivity (Wildman–Crippen MR) is 53.8 cm³/mol. The summed E-state index contributed by atoms with van der Waals surface area (Å²) in [6.07, 6.45) is 5.53. The van der Waals surface area contributed by atoms with Crippen molar-refractivity contribution in [3.63, 3.8) is 0 Å². The van der Waals surface area contributed by atoms with E-state index in [-0.39, 0.29) is 24.8 Å². The van der Waals surface area contributed by atoms with Crippen LogP contribution in [-0.4, -0.2) is 19.1 Å². The van der Waals surface area contributed by atoms with Crippen molar-refractivity contribution in [3.05, 3.63) is 0 Å². The van der Waals surface area contributed by atoms with Gasteiger partial charge in [-0.05, 0) is 12.8 Å². The maximum absolute atomic E-state index is 5.34. The van der Waals surface area contributed by atoms with Gasteiger partial charge >= 0.3 is 0 Å². The van der Waals surface area contributed by atoms with Gasteiger partial charge in [-0.3, -0.25) is 0 Å². The fraction of sp³-hybridized carbons (Fsp3) is 1.00. The number of hydrogen-bond acceptors (Lipinski definition) is 2. The van der Waals surface area contributed by atoms with E-state index in [1.807, 2.05) is 0 Å². The van der Waals surface area contributed by atoms with Crippen molar-refractivity contribution < 1.29 is 0 Å². The van der Waals surface area contributed by atoms with Crippen LogP contribution in [0.25, 0.3) is 0 Å². The third kappa shape index (κ3) is 5.74. The Hall–Kier alpha value is 0.500. The lowest BCUT2D eigenvalue weighted by Crippen LogP contribution is -2.30. The molecule has 0 aliphatic heterocycles. The molecule has 1 aliphatic rings. The molecule has 0 heterocycles. The summed E-state index contributed by atoms with van der Waals surface area (Å²) in [6, 6.07) is 0.786. The Morgan fingerprint density at radius 3 is 2.18 bits per heavy atom. The highest BCUT2D eigenvalue weighted by atomic mass is 35.5. The minimum Gasteiger partial charge on any atom is -0.329 e. The van der Waals surface area contributed by atoms with Gasteiger partial charge in [-0.15, -0.1) is 24.8 Å². The van der Waals surface area contributed by atoms with E-state index in [0.717, 1.165) is 19.1 Å². The molecule has 70 valence electrons. The van der Waals surface area contributed by atoms with Gasteiger partial charge in [0, 0.05) is 19.1 Å². The van der Waals surface area contributed by atoms with Crippen LogP contribution in [0.4, 0.5) is 0 Å². The van der Waals surface area contributed by atoms with E-state index in [1.54, 1.807) is 0 Å². The summed E-state index contributed by atoms with van der Waals surface area (Å²) in [6.45, 7) is 1.77. The van der Waals surface area contributed by atoms with Crippen LogP contribution in [0.3, 0.4) is 0 Å². The molecule has 0 radical (unpaired) electrons. The van der Waals surface area contributed by atoms with Crippen molar-refractivity contribution in [1.82, 2.24) is 5.32 Å². The van der Waals surface area contributed by atoms with Crippen LogP contribution in [-0.2, 0) is 0 Å². The largest absolute Gasteiger partial charge is 0.329 e. The van der Waals surface area contributed by atoms with Crippen LogP contribution in [0, 0.1) is 0 Å². The Bertz CT molecular complexity index is 74.8. The number of hydrogen-bond donors (Lipinski definition) is 2. The van der Waals surface area contributed by atoms with Crippen LogP contribution >= 0.6 is 24.8 Å². The van der Waals surface area contributed by atoms with Crippen molar-refractivity contribution in [2.24, 2.45) is 5.73 Å². The molecule has 2 nitrogen and oxygen atoms in total. The smallest absolute Gasteiger partial charge is 0.00770 e. The van der Waals surface area contributed by atoms with E-state index in [2.05, 4.69) is 5.32 Å². The number of nitrogens with two attached hydrogens (primary N) is 1. The molecule has 0 aromatic rings. The summed E-state index contributed by atoms with van der Waals surface area (Å²) in [4.78, 5) is 0. The molecule has 0 saturated heterocycles. The minimum atomic E-state index is 0. The van der Waals surface area contributed by atoms with Gasteiger partial charge in [0.15, 0.2) is 0 Å². The molecule has 1 rings (SSSR count). The maximum atomic E-state index is 5.34. The van der Waals surface area contributed by atoms with E-state index in [4.69, 9.17) is 5.73 Å². The molecule has 11 heavy (non-hydrogen) atoms. The summed E-state index contributed by atoms with van der Waals surface area (Å²) in [5, 5.41) is 3.41. The van der Waals surface area contributed by atoms with Gasteiger partial charge in [0.1, 0.15) is 0 Å². The van der Waals surface area contributed by atoms with Crippen molar-refractivity contribution in [3.8, 4) is 0 Å². The van der Waals surface area contributed by atoms with Gasteiger partial charge in [0.05, 0.1) is 0 Å². The van der Waals surface area contributed by atoms with Gasteiger partial charge in [-0.2, -0.15) is 0 Å². The van der Waals surface area contributed by atoms with Crippen molar-refractivity contribution >= 4 is 24.8 Å². The van der Waals surface area contributed by atoms with Crippen LogP contribution < -0.4 is 11.1 Å². The maximum Gasteiger partial charge on any atom is 0.00770 e. The van der Waals surface area contributed by atoms with E-state index in [9.17, 15) is 0 Å². The van der Waals surface area contributed by atoms with E-state index in [1.165, 1.54) is 25.7 Å². The average molecular weight is 201 g/mol. The molecule has 0 aromatic heterocycles. The molecule has 1 aliphatic carbocycles. The monoisotopic (exact) mass is 200 g/mol. The number of rotatable bonds is 3. The minimum absolute atomic E-state index is 0. The predicted octanol–water partition coefficient (Wildman–Crippen LogP) is 1.32. The van der Waals surface area contributed by atoms with Crippen LogP contribution in [0.5, 0.6) is 0 Å². The van der Waals surface area contributed by atoms with Gasteiger partial charge in [0.2, 0.25) is 0 Å². The van der Waals surface area contributed by atoms with Gasteiger partial charge < -0.3 is 11.1 Å². The Morgan fingerprint density at radius 1 is 1.18 bits per heavy atom. The van der Waals surface area contributed by atoms with Gasteiger partial charge in [0.25, 0.3) is 0 Å². The molecule has 0 atom stereocenters. The molecular weight excluding hydrogens is 183 g/mol. The van der Waals surface area contributed by atoms with E-state index in [0.29, 0.717) is 0 Å². The van der Waals surface area contributed by atoms with Crippen LogP contribution in [0.15, 0.2) is 0 Å². The van der Waals surface area contributed by atoms with Crippen molar-refractivity contribution in [2.75, 3.05) is 13.1 Å². The number of halogens is 2. The van der Waals surface area contributed by atoms with E-state index >= 15 is 0 Å². The van der Waals surface area contributed by atoms with Crippen LogP contribution in [0.1, 0.15) is 25.7 Å². The lowest BCUT2D eigenvalue weighted by molar-refractivity contribution is 0.532. The summed E-state index contributed by atoms with van der Waals surface area (Å²) in [5.74, 6) is 0. The molecule has 0 amide bonds. The Balaban J connectivity index is 0. The molecule has 0 unspecified atom stereocenters. The third-order valence-electron chi connectivity index (χ3n) is 1.93. The highest BCUT2D eigenvalue weighted by molar-refractivity contribution is 5.85. The lowest BCUT2D eigenvalue weighted by atomic mass is 10.2. The summed E-state index contributed by atoms with van der Waals surface area (Å²) >= 11 is 0. The second-order valence-corrected chi connectivity index (χ2v) is 2.72. The molecule has 0 aromatic carbocycles. The van der Waals surface area contributed by atoms with Crippen molar-refractivity contribution in [1.29, 1.82) is 0 Å². The fourth-order valence-corrected chi connectivity index (χ4v) is 1.42. The van der Waals surface area contributed by atoms with Crippen LogP contribution in [0.2, 0.25) is 0 Å². The van der Waals surface area contributed by atoms with Gasteiger partial charge in [-0.25, -0.2) is 0 Å². The Morgan fingerprint density at radius 2 is 1.73 bits per heavy atom.